The van der Waals surface area contributed by atoms with Crippen molar-refractivity contribution in [3.8, 4) is 0 Å². The Morgan fingerprint density at radius 3 is 3.00 bits per heavy atom. The zero-order valence-corrected chi connectivity index (χ0v) is 8.17. The molecule has 1 aliphatic heterocycles. The van der Waals surface area contributed by atoms with Crippen molar-refractivity contribution in [2.24, 2.45) is 11.8 Å². The minimum absolute atomic E-state index is 0.240. The Balaban J connectivity index is 1.93. The minimum atomic E-state index is 0.240. The SMILES string of the molecule is COCC1CC2OC2(C)CC1C. The van der Waals surface area contributed by atoms with Gasteiger partial charge in [0.2, 0.25) is 0 Å². The average molecular weight is 170 g/mol. The van der Waals surface area contributed by atoms with E-state index < -0.39 is 0 Å². The van der Waals surface area contributed by atoms with E-state index in [2.05, 4.69) is 13.8 Å². The lowest BCUT2D eigenvalue weighted by molar-refractivity contribution is 0.102. The molecule has 4 unspecified atom stereocenters. The molecule has 70 valence electrons. The normalized spacial score (nSPS) is 51.8. The molecule has 12 heavy (non-hydrogen) atoms. The van der Waals surface area contributed by atoms with Gasteiger partial charge in [0.05, 0.1) is 11.7 Å². The van der Waals surface area contributed by atoms with Crippen LogP contribution in [0.4, 0.5) is 0 Å². The monoisotopic (exact) mass is 170 g/mol. The second kappa shape index (κ2) is 2.71. The number of rotatable bonds is 2. The molecule has 0 bridgehead atoms. The van der Waals surface area contributed by atoms with Gasteiger partial charge in [0, 0.05) is 13.7 Å². The molecule has 1 aliphatic carbocycles. The number of epoxide rings is 1. The Labute approximate surface area is 74.2 Å². The summed E-state index contributed by atoms with van der Waals surface area (Å²) in [5.74, 6) is 1.48. The summed E-state index contributed by atoms with van der Waals surface area (Å²) in [4.78, 5) is 0. The highest BCUT2D eigenvalue weighted by atomic mass is 16.6. The van der Waals surface area contributed by atoms with Crippen molar-refractivity contribution in [2.75, 3.05) is 13.7 Å². The van der Waals surface area contributed by atoms with E-state index in [4.69, 9.17) is 9.47 Å². The first-order chi connectivity index (χ1) is 5.65. The molecule has 2 heteroatoms. The van der Waals surface area contributed by atoms with Crippen LogP contribution < -0.4 is 0 Å². The first-order valence-electron chi connectivity index (χ1n) is 4.82. The number of ether oxygens (including phenoxy) is 2. The third kappa shape index (κ3) is 1.27. The first-order valence-corrected chi connectivity index (χ1v) is 4.82. The molecule has 0 spiro atoms. The molecule has 2 fully saturated rings. The van der Waals surface area contributed by atoms with Gasteiger partial charge in [-0.25, -0.2) is 0 Å². The van der Waals surface area contributed by atoms with E-state index in [-0.39, 0.29) is 5.60 Å². The standard InChI is InChI=1S/C10H18O2/c1-7-5-10(2)9(12-10)4-8(7)6-11-3/h7-9H,4-6H2,1-3H3. The van der Waals surface area contributed by atoms with E-state index in [0.717, 1.165) is 18.4 Å². The molecule has 0 aromatic rings. The quantitative estimate of drug-likeness (QED) is 0.590. The molecule has 0 radical (unpaired) electrons. The smallest absolute Gasteiger partial charge is 0.0923 e. The lowest BCUT2D eigenvalue weighted by atomic mass is 9.76. The second-order valence-corrected chi connectivity index (χ2v) is 4.55. The summed E-state index contributed by atoms with van der Waals surface area (Å²) in [6.07, 6.45) is 2.95. The number of hydrogen-bond donors (Lipinski definition) is 0. The topological polar surface area (TPSA) is 21.8 Å². The third-order valence-corrected chi connectivity index (χ3v) is 3.46. The van der Waals surface area contributed by atoms with Gasteiger partial charge in [-0.2, -0.15) is 0 Å². The van der Waals surface area contributed by atoms with Gasteiger partial charge in [-0.15, -0.1) is 0 Å². The summed E-state index contributed by atoms with van der Waals surface area (Å²) in [6.45, 7) is 5.45. The lowest BCUT2D eigenvalue weighted by Gasteiger charge is -2.28. The van der Waals surface area contributed by atoms with Gasteiger partial charge >= 0.3 is 0 Å². The molecule has 2 rings (SSSR count). The summed E-state index contributed by atoms with van der Waals surface area (Å²) in [5.41, 5.74) is 0.240. The predicted molar refractivity (Wildman–Crippen MR) is 47.0 cm³/mol. The third-order valence-electron chi connectivity index (χ3n) is 3.46. The van der Waals surface area contributed by atoms with Crippen LogP contribution in [0.3, 0.4) is 0 Å². The molecule has 1 heterocycles. The van der Waals surface area contributed by atoms with Crippen LogP contribution >= 0.6 is 0 Å². The van der Waals surface area contributed by atoms with Gasteiger partial charge in [-0.1, -0.05) is 6.92 Å². The fraction of sp³-hybridized carbons (Fsp3) is 1.00. The van der Waals surface area contributed by atoms with Crippen molar-refractivity contribution in [3.63, 3.8) is 0 Å². The van der Waals surface area contributed by atoms with Crippen LogP contribution in [0.1, 0.15) is 26.7 Å². The van der Waals surface area contributed by atoms with Gasteiger partial charge in [0.1, 0.15) is 0 Å². The van der Waals surface area contributed by atoms with Gasteiger partial charge in [0.15, 0.2) is 0 Å². The van der Waals surface area contributed by atoms with Crippen molar-refractivity contribution in [1.82, 2.24) is 0 Å². The van der Waals surface area contributed by atoms with Crippen LogP contribution in [0, 0.1) is 11.8 Å². The number of hydrogen-bond acceptors (Lipinski definition) is 2. The lowest BCUT2D eigenvalue weighted by Crippen LogP contribution is -2.30. The van der Waals surface area contributed by atoms with Gasteiger partial charge in [-0.3, -0.25) is 0 Å². The van der Waals surface area contributed by atoms with E-state index >= 15 is 0 Å². The molecule has 2 aliphatic rings. The van der Waals surface area contributed by atoms with Crippen molar-refractivity contribution < 1.29 is 9.47 Å². The van der Waals surface area contributed by atoms with E-state index in [0.29, 0.717) is 6.10 Å². The summed E-state index contributed by atoms with van der Waals surface area (Å²) in [7, 11) is 1.79. The molecule has 2 nitrogen and oxygen atoms in total. The van der Waals surface area contributed by atoms with Crippen molar-refractivity contribution in [3.05, 3.63) is 0 Å². The van der Waals surface area contributed by atoms with E-state index in [1.807, 2.05) is 0 Å². The van der Waals surface area contributed by atoms with Gasteiger partial charge in [0.25, 0.3) is 0 Å². The Morgan fingerprint density at radius 1 is 1.58 bits per heavy atom. The molecule has 0 aromatic heterocycles. The summed E-state index contributed by atoms with van der Waals surface area (Å²) in [6, 6.07) is 0. The highest BCUT2D eigenvalue weighted by molar-refractivity contribution is 5.05. The second-order valence-electron chi connectivity index (χ2n) is 4.55. The summed E-state index contributed by atoms with van der Waals surface area (Å²) < 4.78 is 10.9. The number of fused-ring (bicyclic) bond motifs is 1. The predicted octanol–water partition coefficient (Wildman–Crippen LogP) is 1.84. The fourth-order valence-electron chi connectivity index (χ4n) is 2.53. The van der Waals surface area contributed by atoms with Crippen LogP contribution in [-0.4, -0.2) is 25.4 Å². The molecule has 0 N–H and O–H groups in total. The molecule has 0 aromatic carbocycles. The molecular weight excluding hydrogens is 152 g/mol. The fourth-order valence-corrected chi connectivity index (χ4v) is 2.53. The first kappa shape index (κ1) is 8.52. The van der Waals surface area contributed by atoms with E-state index in [9.17, 15) is 0 Å². The van der Waals surface area contributed by atoms with Crippen molar-refractivity contribution >= 4 is 0 Å². The Morgan fingerprint density at radius 2 is 2.33 bits per heavy atom. The Hall–Kier alpha value is -0.0800. The molecule has 0 amide bonds. The molecule has 4 atom stereocenters. The van der Waals surface area contributed by atoms with Gasteiger partial charge < -0.3 is 9.47 Å². The van der Waals surface area contributed by atoms with Crippen LogP contribution in [-0.2, 0) is 9.47 Å². The zero-order valence-electron chi connectivity index (χ0n) is 8.17. The van der Waals surface area contributed by atoms with Crippen LogP contribution in [0.5, 0.6) is 0 Å². The highest BCUT2D eigenvalue weighted by Gasteiger charge is 2.57. The Kier molecular flexibility index (Phi) is 1.92. The van der Waals surface area contributed by atoms with Crippen molar-refractivity contribution in [1.29, 1.82) is 0 Å². The largest absolute Gasteiger partial charge is 0.384 e. The molecular formula is C10H18O2. The van der Waals surface area contributed by atoms with Gasteiger partial charge in [-0.05, 0) is 31.6 Å². The summed E-state index contributed by atoms with van der Waals surface area (Å²) in [5, 5.41) is 0. The number of methoxy groups -OCH3 is 1. The van der Waals surface area contributed by atoms with Crippen LogP contribution in [0.2, 0.25) is 0 Å². The highest BCUT2D eigenvalue weighted by Crippen LogP contribution is 2.51. The van der Waals surface area contributed by atoms with Crippen LogP contribution in [0.15, 0.2) is 0 Å². The summed E-state index contributed by atoms with van der Waals surface area (Å²) >= 11 is 0. The minimum Gasteiger partial charge on any atom is -0.384 e. The molecule has 1 saturated carbocycles. The van der Waals surface area contributed by atoms with Crippen molar-refractivity contribution in [2.45, 2.75) is 38.4 Å². The average Bonchev–Trinajstić information content (AvgIpc) is 2.61. The maximum atomic E-state index is 5.66. The molecule has 1 saturated heterocycles. The van der Waals surface area contributed by atoms with E-state index in [1.54, 1.807) is 7.11 Å². The Bertz CT molecular complexity index is 181. The van der Waals surface area contributed by atoms with E-state index in [1.165, 1.54) is 12.8 Å². The zero-order chi connectivity index (χ0) is 8.77. The maximum absolute atomic E-state index is 5.66. The maximum Gasteiger partial charge on any atom is 0.0923 e. The van der Waals surface area contributed by atoms with Crippen LogP contribution in [0.25, 0.3) is 0 Å².